The summed E-state index contributed by atoms with van der Waals surface area (Å²) in [6.45, 7) is 1.04. The van der Waals surface area contributed by atoms with Crippen molar-refractivity contribution in [2.75, 3.05) is 11.4 Å². The van der Waals surface area contributed by atoms with Crippen LogP contribution in [0.1, 0.15) is 6.42 Å². The number of nitrogens with zero attached hydrogens (tertiary/aromatic N) is 3. The van der Waals surface area contributed by atoms with Crippen molar-refractivity contribution in [3.63, 3.8) is 0 Å². The summed E-state index contributed by atoms with van der Waals surface area (Å²) in [7, 11) is 0. The second kappa shape index (κ2) is 2.81. The monoisotopic (exact) mass is 210 g/mol. The van der Waals surface area contributed by atoms with E-state index in [1.54, 1.807) is 6.20 Å². The standard InChI is InChI=1S/C9H11ClN4/c10-8-2-6(3-12-13-8)14-4-5-1-7(14)9(5)11/h2-3,5,7,9H,1,4,11H2. The number of hydrogen-bond donors (Lipinski definition) is 1. The number of hydrogen-bond acceptors (Lipinski definition) is 4. The van der Waals surface area contributed by atoms with Crippen LogP contribution in [0.15, 0.2) is 12.3 Å². The number of anilines is 1. The second-order valence-corrected chi connectivity index (χ2v) is 4.42. The Labute approximate surface area is 87.1 Å². The molecule has 0 aromatic carbocycles. The maximum Gasteiger partial charge on any atom is 0.153 e. The van der Waals surface area contributed by atoms with E-state index in [9.17, 15) is 0 Å². The number of halogens is 1. The molecule has 2 aliphatic heterocycles. The van der Waals surface area contributed by atoms with Crippen LogP contribution >= 0.6 is 11.6 Å². The normalized spacial score (nSPS) is 34.4. The zero-order valence-corrected chi connectivity index (χ0v) is 8.35. The van der Waals surface area contributed by atoms with Crippen LogP contribution in [0.3, 0.4) is 0 Å². The van der Waals surface area contributed by atoms with Crippen molar-refractivity contribution in [1.29, 1.82) is 0 Å². The number of rotatable bonds is 1. The molecule has 3 unspecified atom stereocenters. The first kappa shape index (κ1) is 8.44. The van der Waals surface area contributed by atoms with Crippen LogP contribution in [0.25, 0.3) is 0 Å². The molecule has 14 heavy (non-hydrogen) atoms. The summed E-state index contributed by atoms with van der Waals surface area (Å²) in [6, 6.07) is 2.67. The first-order chi connectivity index (χ1) is 6.75. The number of fused-ring (bicyclic) bond motifs is 1. The Morgan fingerprint density at radius 2 is 2.43 bits per heavy atom. The van der Waals surface area contributed by atoms with Crippen molar-refractivity contribution < 1.29 is 0 Å². The summed E-state index contributed by atoms with van der Waals surface area (Å²) in [5, 5.41) is 8.01. The Hall–Kier alpha value is -0.870. The van der Waals surface area contributed by atoms with Crippen molar-refractivity contribution in [3.05, 3.63) is 17.4 Å². The van der Waals surface area contributed by atoms with Gasteiger partial charge in [-0.2, -0.15) is 5.10 Å². The van der Waals surface area contributed by atoms with E-state index in [1.807, 2.05) is 6.07 Å². The molecule has 1 saturated carbocycles. The molecule has 2 saturated heterocycles. The van der Waals surface area contributed by atoms with Crippen LogP contribution in [0, 0.1) is 5.92 Å². The summed E-state index contributed by atoms with van der Waals surface area (Å²) >= 11 is 5.79. The maximum atomic E-state index is 5.98. The third kappa shape index (κ3) is 1.04. The van der Waals surface area contributed by atoms with E-state index >= 15 is 0 Å². The van der Waals surface area contributed by atoms with Gasteiger partial charge in [0.05, 0.1) is 11.9 Å². The maximum absolute atomic E-state index is 5.98. The molecule has 4 nitrogen and oxygen atoms in total. The topological polar surface area (TPSA) is 55.0 Å². The lowest BCUT2D eigenvalue weighted by molar-refractivity contribution is 0.311. The highest BCUT2D eigenvalue weighted by Gasteiger charge is 2.50. The highest BCUT2D eigenvalue weighted by Crippen LogP contribution is 2.42. The van der Waals surface area contributed by atoms with E-state index in [4.69, 9.17) is 17.3 Å². The van der Waals surface area contributed by atoms with Gasteiger partial charge in [-0.3, -0.25) is 0 Å². The van der Waals surface area contributed by atoms with Gasteiger partial charge in [0.25, 0.3) is 0 Å². The van der Waals surface area contributed by atoms with Crippen molar-refractivity contribution in [1.82, 2.24) is 10.2 Å². The third-order valence-corrected chi connectivity index (χ3v) is 3.49. The fourth-order valence-electron chi connectivity index (χ4n) is 2.45. The van der Waals surface area contributed by atoms with E-state index in [0.717, 1.165) is 12.2 Å². The fraction of sp³-hybridized carbons (Fsp3) is 0.556. The molecule has 1 aromatic heterocycles. The zero-order valence-electron chi connectivity index (χ0n) is 7.60. The average Bonchev–Trinajstić information content (AvgIpc) is 2.74. The molecule has 3 atom stereocenters. The summed E-state index contributed by atoms with van der Waals surface area (Å²) in [5.74, 6) is 0.659. The molecule has 3 fully saturated rings. The van der Waals surface area contributed by atoms with Crippen LogP contribution < -0.4 is 10.6 Å². The lowest BCUT2D eigenvalue weighted by Crippen LogP contribution is -2.49. The van der Waals surface area contributed by atoms with Gasteiger partial charge in [0, 0.05) is 24.7 Å². The van der Waals surface area contributed by atoms with E-state index in [1.165, 1.54) is 6.42 Å². The number of nitrogens with two attached hydrogens (primary N) is 1. The Bertz CT molecular complexity index is 370. The molecule has 0 spiro atoms. The lowest BCUT2D eigenvalue weighted by Gasteiger charge is -2.33. The zero-order chi connectivity index (χ0) is 9.71. The van der Waals surface area contributed by atoms with Crippen LogP contribution in [0.4, 0.5) is 5.69 Å². The molecular weight excluding hydrogens is 200 g/mol. The Morgan fingerprint density at radius 3 is 3.00 bits per heavy atom. The van der Waals surface area contributed by atoms with Crippen LogP contribution in [0.2, 0.25) is 5.15 Å². The second-order valence-electron chi connectivity index (χ2n) is 4.03. The van der Waals surface area contributed by atoms with E-state index in [-0.39, 0.29) is 0 Å². The van der Waals surface area contributed by atoms with Gasteiger partial charge in [0.15, 0.2) is 5.15 Å². The molecule has 5 heteroatoms. The Morgan fingerprint density at radius 1 is 1.57 bits per heavy atom. The minimum Gasteiger partial charge on any atom is -0.365 e. The third-order valence-electron chi connectivity index (χ3n) is 3.31. The predicted molar refractivity (Wildman–Crippen MR) is 54.3 cm³/mol. The van der Waals surface area contributed by atoms with E-state index in [0.29, 0.717) is 23.2 Å². The van der Waals surface area contributed by atoms with Crippen molar-refractivity contribution >= 4 is 17.3 Å². The SMILES string of the molecule is NC1C2CC1N(c1cnnc(Cl)c1)C2. The molecule has 2 bridgehead atoms. The molecule has 3 heterocycles. The summed E-state index contributed by atoms with van der Waals surface area (Å²) in [5.41, 5.74) is 7.03. The summed E-state index contributed by atoms with van der Waals surface area (Å²) < 4.78 is 0. The van der Waals surface area contributed by atoms with Crippen LogP contribution in [-0.4, -0.2) is 28.8 Å². The molecule has 2 N–H and O–H groups in total. The Balaban J connectivity index is 1.90. The van der Waals surface area contributed by atoms with Crippen LogP contribution in [-0.2, 0) is 0 Å². The smallest absolute Gasteiger partial charge is 0.153 e. The van der Waals surface area contributed by atoms with E-state index < -0.39 is 0 Å². The van der Waals surface area contributed by atoms with Gasteiger partial charge in [-0.1, -0.05) is 11.6 Å². The summed E-state index contributed by atoms with van der Waals surface area (Å²) in [4.78, 5) is 2.29. The van der Waals surface area contributed by atoms with Gasteiger partial charge in [0.1, 0.15) is 0 Å². The van der Waals surface area contributed by atoms with Crippen LogP contribution in [0.5, 0.6) is 0 Å². The predicted octanol–water partition coefficient (Wildman–Crippen LogP) is 0.666. The molecule has 4 rings (SSSR count). The molecule has 1 aromatic rings. The van der Waals surface area contributed by atoms with Gasteiger partial charge in [-0.05, 0) is 12.3 Å². The first-order valence-electron chi connectivity index (χ1n) is 4.76. The largest absolute Gasteiger partial charge is 0.365 e. The lowest BCUT2D eigenvalue weighted by atomic mass is 9.81. The van der Waals surface area contributed by atoms with E-state index in [2.05, 4.69) is 15.1 Å². The average molecular weight is 211 g/mol. The molecule has 0 radical (unpaired) electrons. The minimum absolute atomic E-state index is 0.335. The quantitative estimate of drug-likeness (QED) is 0.740. The fourth-order valence-corrected chi connectivity index (χ4v) is 2.60. The molecular formula is C9H11ClN4. The molecule has 3 aliphatic rings. The highest BCUT2D eigenvalue weighted by molar-refractivity contribution is 6.29. The molecule has 1 aliphatic carbocycles. The van der Waals surface area contributed by atoms with Crippen molar-refractivity contribution in [2.24, 2.45) is 11.7 Å². The molecule has 74 valence electrons. The first-order valence-corrected chi connectivity index (χ1v) is 5.14. The van der Waals surface area contributed by atoms with Gasteiger partial charge < -0.3 is 10.6 Å². The van der Waals surface area contributed by atoms with Crippen molar-refractivity contribution in [3.8, 4) is 0 Å². The van der Waals surface area contributed by atoms with Gasteiger partial charge in [0.2, 0.25) is 0 Å². The Kier molecular flexibility index (Phi) is 1.69. The highest BCUT2D eigenvalue weighted by atomic mass is 35.5. The van der Waals surface area contributed by atoms with Gasteiger partial charge >= 0.3 is 0 Å². The van der Waals surface area contributed by atoms with Crippen molar-refractivity contribution in [2.45, 2.75) is 18.5 Å². The van der Waals surface area contributed by atoms with Gasteiger partial charge in [-0.15, -0.1) is 5.10 Å². The summed E-state index contributed by atoms with van der Waals surface area (Å²) in [6.07, 6.45) is 2.96. The minimum atomic E-state index is 0.335. The number of aromatic nitrogens is 2. The van der Waals surface area contributed by atoms with Gasteiger partial charge in [-0.25, -0.2) is 0 Å². The molecule has 0 amide bonds.